The lowest BCUT2D eigenvalue weighted by molar-refractivity contribution is 0.703. The molecule has 94 valence electrons. The monoisotopic (exact) mass is 242 g/mol. The van der Waals surface area contributed by atoms with Crippen LogP contribution in [0.25, 0.3) is 0 Å². The maximum atomic E-state index is 8.90. The van der Waals surface area contributed by atoms with Gasteiger partial charge in [-0.1, -0.05) is 18.1 Å². The molecule has 0 atom stereocenters. The first-order chi connectivity index (χ1) is 8.90. The Labute approximate surface area is 108 Å². The number of hydrogen-bond donors (Lipinski definition) is 1. The Morgan fingerprint density at radius 1 is 1.22 bits per heavy atom. The summed E-state index contributed by atoms with van der Waals surface area (Å²) in [6.45, 7) is 0.819. The molecule has 0 spiro atoms. The van der Waals surface area contributed by atoms with Crippen LogP contribution in [0.5, 0.6) is 0 Å². The van der Waals surface area contributed by atoms with Crippen molar-refractivity contribution in [3.8, 4) is 6.07 Å². The van der Waals surface area contributed by atoms with Gasteiger partial charge in [-0.2, -0.15) is 5.26 Å². The van der Waals surface area contributed by atoms with Gasteiger partial charge in [0, 0.05) is 18.9 Å². The maximum Gasteiger partial charge on any atom is 0.182 e. The molecule has 0 fully saturated rings. The van der Waals surface area contributed by atoms with Gasteiger partial charge in [0.2, 0.25) is 0 Å². The van der Waals surface area contributed by atoms with Crippen molar-refractivity contribution in [2.75, 3.05) is 11.9 Å². The van der Waals surface area contributed by atoms with E-state index in [9.17, 15) is 0 Å². The molecule has 0 aliphatic heterocycles. The maximum absolute atomic E-state index is 8.90. The predicted octanol–water partition coefficient (Wildman–Crippen LogP) is 3.04. The molecule has 18 heavy (non-hydrogen) atoms. The smallest absolute Gasteiger partial charge is 0.182 e. The van der Waals surface area contributed by atoms with Gasteiger partial charge >= 0.3 is 0 Å². The Morgan fingerprint density at radius 2 is 2.11 bits per heavy atom. The lowest BCUT2D eigenvalue weighted by Gasteiger charge is -2.08. The molecule has 0 saturated carbocycles. The third kappa shape index (κ3) is 3.56. The van der Waals surface area contributed by atoms with Crippen LogP contribution < -0.4 is 5.32 Å². The number of nitrogens with zero attached hydrogens (tertiary/aromatic N) is 3. The van der Waals surface area contributed by atoms with E-state index in [1.807, 2.05) is 6.07 Å². The van der Waals surface area contributed by atoms with Crippen molar-refractivity contribution in [3.05, 3.63) is 29.7 Å². The minimum atomic E-state index is 0.368. The van der Waals surface area contributed by atoms with E-state index in [1.54, 1.807) is 6.20 Å². The van der Waals surface area contributed by atoms with Crippen LogP contribution in [-0.2, 0) is 0 Å². The normalized spacial score (nSPS) is 15.4. The van der Waals surface area contributed by atoms with Crippen LogP contribution in [0.15, 0.2) is 24.0 Å². The summed E-state index contributed by atoms with van der Waals surface area (Å²) < 4.78 is 0. The molecule has 1 heterocycles. The standard InChI is InChI=1S/C14H18N4/c15-11-13-14(18-10-9-16-13)17-8-7-12-5-3-1-2-4-6-12/h5,9-10H,1-4,6-8H2,(H,17,18). The number of anilines is 1. The highest BCUT2D eigenvalue weighted by Gasteiger charge is 2.05. The first-order valence-electron chi connectivity index (χ1n) is 6.53. The molecule has 2 rings (SSSR count). The van der Waals surface area contributed by atoms with Gasteiger partial charge < -0.3 is 5.32 Å². The number of hydrogen-bond acceptors (Lipinski definition) is 4. The third-order valence-corrected chi connectivity index (χ3v) is 3.18. The summed E-state index contributed by atoms with van der Waals surface area (Å²) in [7, 11) is 0. The van der Waals surface area contributed by atoms with Gasteiger partial charge in [-0.05, 0) is 32.1 Å². The highest BCUT2D eigenvalue weighted by Crippen LogP contribution is 2.19. The van der Waals surface area contributed by atoms with Crippen LogP contribution in [0.4, 0.5) is 5.82 Å². The molecule has 0 saturated heterocycles. The van der Waals surface area contributed by atoms with Gasteiger partial charge in [-0.25, -0.2) is 9.97 Å². The Morgan fingerprint density at radius 3 is 3.00 bits per heavy atom. The zero-order valence-corrected chi connectivity index (χ0v) is 10.5. The van der Waals surface area contributed by atoms with E-state index in [0.717, 1.165) is 13.0 Å². The molecule has 0 aromatic carbocycles. The highest BCUT2D eigenvalue weighted by molar-refractivity contribution is 5.46. The fourth-order valence-electron chi connectivity index (χ4n) is 2.20. The van der Waals surface area contributed by atoms with Crippen LogP contribution in [0.2, 0.25) is 0 Å². The average Bonchev–Trinajstić information content (AvgIpc) is 2.68. The van der Waals surface area contributed by atoms with Gasteiger partial charge in [-0.3, -0.25) is 0 Å². The largest absolute Gasteiger partial charge is 0.367 e. The van der Waals surface area contributed by atoms with E-state index in [2.05, 4.69) is 21.4 Å². The zero-order valence-electron chi connectivity index (χ0n) is 10.5. The van der Waals surface area contributed by atoms with E-state index in [-0.39, 0.29) is 0 Å². The second kappa shape index (κ2) is 6.75. The van der Waals surface area contributed by atoms with E-state index >= 15 is 0 Å². The van der Waals surface area contributed by atoms with Crippen molar-refractivity contribution in [3.63, 3.8) is 0 Å². The molecule has 0 bridgehead atoms. The van der Waals surface area contributed by atoms with E-state index in [4.69, 9.17) is 5.26 Å². The second-order valence-electron chi connectivity index (χ2n) is 4.50. The number of nitrogens with one attached hydrogen (secondary N) is 1. The summed E-state index contributed by atoms with van der Waals surface area (Å²) in [5, 5.41) is 12.1. The molecule has 1 aromatic heterocycles. The zero-order chi connectivity index (χ0) is 12.6. The molecule has 4 heteroatoms. The quantitative estimate of drug-likeness (QED) is 0.824. The van der Waals surface area contributed by atoms with Gasteiger partial charge in [0.1, 0.15) is 6.07 Å². The van der Waals surface area contributed by atoms with Gasteiger partial charge in [0.05, 0.1) is 0 Å². The van der Waals surface area contributed by atoms with Crippen molar-refractivity contribution < 1.29 is 0 Å². The summed E-state index contributed by atoms with van der Waals surface area (Å²) in [6, 6.07) is 2.04. The molecular formula is C14H18N4. The van der Waals surface area contributed by atoms with Gasteiger partial charge in [0.25, 0.3) is 0 Å². The summed E-state index contributed by atoms with van der Waals surface area (Å²) in [4.78, 5) is 8.11. The fraction of sp³-hybridized carbons (Fsp3) is 0.500. The predicted molar refractivity (Wildman–Crippen MR) is 71.0 cm³/mol. The molecule has 0 radical (unpaired) electrons. The Balaban J connectivity index is 1.85. The molecule has 1 N–H and O–H groups in total. The number of aromatic nitrogens is 2. The molecule has 1 aliphatic carbocycles. The molecule has 0 amide bonds. The van der Waals surface area contributed by atoms with Crippen LogP contribution in [0, 0.1) is 11.3 Å². The SMILES string of the molecule is N#Cc1nccnc1NCCC1=CCCCCC1. The topological polar surface area (TPSA) is 61.6 Å². The van der Waals surface area contributed by atoms with Gasteiger partial charge in [0.15, 0.2) is 11.5 Å². The fourth-order valence-corrected chi connectivity index (χ4v) is 2.20. The van der Waals surface area contributed by atoms with Gasteiger partial charge in [-0.15, -0.1) is 0 Å². The van der Waals surface area contributed by atoms with Crippen LogP contribution >= 0.6 is 0 Å². The minimum absolute atomic E-state index is 0.368. The lowest BCUT2D eigenvalue weighted by Crippen LogP contribution is -2.07. The van der Waals surface area contributed by atoms with Crippen molar-refractivity contribution in [1.29, 1.82) is 5.26 Å². The van der Waals surface area contributed by atoms with Crippen molar-refractivity contribution in [2.24, 2.45) is 0 Å². The Bertz CT molecular complexity index is 459. The number of rotatable bonds is 4. The molecule has 4 nitrogen and oxygen atoms in total. The van der Waals surface area contributed by atoms with Crippen LogP contribution in [-0.4, -0.2) is 16.5 Å². The van der Waals surface area contributed by atoms with Crippen LogP contribution in [0.3, 0.4) is 0 Å². The summed E-state index contributed by atoms with van der Waals surface area (Å²) in [5.74, 6) is 0.592. The van der Waals surface area contributed by atoms with Crippen molar-refractivity contribution in [2.45, 2.75) is 38.5 Å². The van der Waals surface area contributed by atoms with Crippen LogP contribution in [0.1, 0.15) is 44.2 Å². The Hall–Kier alpha value is -1.89. The minimum Gasteiger partial charge on any atom is -0.367 e. The third-order valence-electron chi connectivity index (χ3n) is 3.18. The average molecular weight is 242 g/mol. The lowest BCUT2D eigenvalue weighted by atomic mass is 10.1. The van der Waals surface area contributed by atoms with E-state index < -0.39 is 0 Å². The number of allylic oxidation sites excluding steroid dienone is 1. The first-order valence-corrected chi connectivity index (χ1v) is 6.53. The van der Waals surface area contributed by atoms with E-state index in [1.165, 1.54) is 43.9 Å². The summed E-state index contributed by atoms with van der Waals surface area (Å²) in [5.41, 5.74) is 1.90. The highest BCUT2D eigenvalue weighted by atomic mass is 15.0. The second-order valence-corrected chi connectivity index (χ2v) is 4.50. The number of nitriles is 1. The first kappa shape index (κ1) is 12.6. The summed E-state index contributed by atoms with van der Waals surface area (Å²) in [6.07, 6.45) is 12.9. The van der Waals surface area contributed by atoms with Crippen molar-refractivity contribution >= 4 is 5.82 Å². The van der Waals surface area contributed by atoms with Crippen molar-refractivity contribution in [1.82, 2.24) is 9.97 Å². The molecule has 1 aliphatic rings. The molecule has 1 aromatic rings. The molecule has 0 unspecified atom stereocenters. The summed E-state index contributed by atoms with van der Waals surface area (Å²) >= 11 is 0. The van der Waals surface area contributed by atoms with E-state index in [0.29, 0.717) is 11.5 Å². The Kier molecular flexibility index (Phi) is 4.71. The molecular weight excluding hydrogens is 224 g/mol.